The zero-order valence-electron chi connectivity index (χ0n) is 7.75. The lowest BCUT2D eigenvalue weighted by Crippen LogP contribution is -2.42. The average Bonchev–Trinajstić information content (AvgIpc) is 2.51. The predicted octanol–water partition coefficient (Wildman–Crippen LogP) is -0.343. The van der Waals surface area contributed by atoms with Crippen molar-refractivity contribution in [2.24, 2.45) is 0 Å². The number of amides is 1. The summed E-state index contributed by atoms with van der Waals surface area (Å²) < 4.78 is 0. The number of aliphatic hydroxyl groups is 1. The summed E-state index contributed by atoms with van der Waals surface area (Å²) in [5.41, 5.74) is 0. The minimum absolute atomic E-state index is 0. The van der Waals surface area contributed by atoms with E-state index in [0.29, 0.717) is 6.54 Å². The van der Waals surface area contributed by atoms with E-state index in [1.807, 2.05) is 0 Å². The van der Waals surface area contributed by atoms with E-state index in [9.17, 15) is 4.79 Å². The van der Waals surface area contributed by atoms with Crippen LogP contribution in [0.1, 0.15) is 19.8 Å². The van der Waals surface area contributed by atoms with Gasteiger partial charge >= 0.3 is 0 Å². The average molecular weight is 209 g/mol. The Morgan fingerprint density at radius 3 is 2.92 bits per heavy atom. The van der Waals surface area contributed by atoms with E-state index in [1.165, 1.54) is 0 Å². The van der Waals surface area contributed by atoms with Crippen molar-refractivity contribution in [2.45, 2.75) is 31.9 Å². The lowest BCUT2D eigenvalue weighted by Gasteiger charge is -2.11. The number of hydrogen-bond acceptors (Lipinski definition) is 3. The number of aliphatic hydroxyl groups excluding tert-OH is 1. The standard InChI is InChI=1S/C8H16N2O2.ClH/c1-6(11)5-10-8(12)7-3-2-4-9-7;/h6-7,9,11H,2-5H2,1H3,(H,10,12);1H/t6-,7-;/m0./s1. The molecular formula is C8H17ClN2O2. The fraction of sp³-hybridized carbons (Fsp3) is 0.875. The first-order chi connectivity index (χ1) is 5.70. The maximum absolute atomic E-state index is 11.3. The van der Waals surface area contributed by atoms with E-state index >= 15 is 0 Å². The molecule has 78 valence electrons. The third-order valence-corrected chi connectivity index (χ3v) is 1.95. The smallest absolute Gasteiger partial charge is 0.237 e. The molecule has 1 saturated heterocycles. The van der Waals surface area contributed by atoms with Gasteiger partial charge in [-0.15, -0.1) is 12.4 Å². The Morgan fingerprint density at radius 1 is 1.77 bits per heavy atom. The molecule has 0 aromatic carbocycles. The summed E-state index contributed by atoms with van der Waals surface area (Å²) in [5.74, 6) is 0.00778. The summed E-state index contributed by atoms with van der Waals surface area (Å²) in [4.78, 5) is 11.3. The van der Waals surface area contributed by atoms with Crippen molar-refractivity contribution >= 4 is 18.3 Å². The fourth-order valence-corrected chi connectivity index (χ4v) is 1.28. The van der Waals surface area contributed by atoms with Crippen molar-refractivity contribution in [3.8, 4) is 0 Å². The lowest BCUT2D eigenvalue weighted by atomic mass is 10.2. The van der Waals surface area contributed by atoms with E-state index in [0.717, 1.165) is 19.4 Å². The highest BCUT2D eigenvalue weighted by molar-refractivity contribution is 5.85. The molecule has 1 aliphatic heterocycles. The van der Waals surface area contributed by atoms with Crippen molar-refractivity contribution in [3.63, 3.8) is 0 Å². The van der Waals surface area contributed by atoms with Gasteiger partial charge in [0.1, 0.15) is 0 Å². The highest BCUT2D eigenvalue weighted by Gasteiger charge is 2.21. The van der Waals surface area contributed by atoms with E-state index in [1.54, 1.807) is 6.92 Å². The van der Waals surface area contributed by atoms with Gasteiger partial charge in [0.25, 0.3) is 0 Å². The molecule has 0 spiro atoms. The molecule has 0 aliphatic carbocycles. The molecule has 0 aromatic heterocycles. The summed E-state index contributed by atoms with van der Waals surface area (Å²) >= 11 is 0. The van der Waals surface area contributed by atoms with Crippen molar-refractivity contribution in [3.05, 3.63) is 0 Å². The molecule has 5 heteroatoms. The van der Waals surface area contributed by atoms with Gasteiger partial charge in [-0.2, -0.15) is 0 Å². The molecule has 13 heavy (non-hydrogen) atoms. The van der Waals surface area contributed by atoms with Crippen LogP contribution in [-0.2, 0) is 4.79 Å². The third kappa shape index (κ3) is 4.45. The third-order valence-electron chi connectivity index (χ3n) is 1.95. The van der Waals surface area contributed by atoms with E-state index in [2.05, 4.69) is 10.6 Å². The summed E-state index contributed by atoms with van der Waals surface area (Å²) in [7, 11) is 0. The Balaban J connectivity index is 0.00000144. The van der Waals surface area contributed by atoms with Gasteiger partial charge in [-0.1, -0.05) is 0 Å². The zero-order chi connectivity index (χ0) is 8.97. The highest BCUT2D eigenvalue weighted by Crippen LogP contribution is 2.04. The molecule has 0 radical (unpaired) electrons. The summed E-state index contributed by atoms with van der Waals surface area (Å²) in [5, 5.41) is 14.7. The number of carbonyl (C=O) groups is 1. The molecule has 0 bridgehead atoms. The highest BCUT2D eigenvalue weighted by atomic mass is 35.5. The molecule has 4 nitrogen and oxygen atoms in total. The number of nitrogens with one attached hydrogen (secondary N) is 2. The van der Waals surface area contributed by atoms with Crippen LogP contribution in [0.25, 0.3) is 0 Å². The van der Waals surface area contributed by atoms with Crippen molar-refractivity contribution in [2.75, 3.05) is 13.1 Å². The van der Waals surface area contributed by atoms with Crippen LogP contribution in [0.2, 0.25) is 0 Å². The van der Waals surface area contributed by atoms with Gasteiger partial charge in [0.05, 0.1) is 12.1 Å². The van der Waals surface area contributed by atoms with Crippen LogP contribution in [0.3, 0.4) is 0 Å². The SMILES string of the molecule is C[C@H](O)CNC(=O)[C@@H]1CCCN1.Cl. The number of halogens is 1. The molecule has 1 heterocycles. The topological polar surface area (TPSA) is 61.4 Å². The van der Waals surface area contributed by atoms with Crippen LogP contribution in [0.4, 0.5) is 0 Å². The molecule has 2 atom stereocenters. The normalized spacial score (nSPS) is 23.4. The first kappa shape index (κ1) is 12.7. The molecule has 1 fully saturated rings. The second-order valence-electron chi connectivity index (χ2n) is 3.24. The van der Waals surface area contributed by atoms with E-state index in [-0.39, 0.29) is 24.4 Å². The molecular weight excluding hydrogens is 192 g/mol. The molecule has 0 aromatic rings. The Bertz CT molecular complexity index is 158. The van der Waals surface area contributed by atoms with Gasteiger partial charge in [-0.05, 0) is 26.3 Å². The second-order valence-corrected chi connectivity index (χ2v) is 3.24. The minimum Gasteiger partial charge on any atom is -0.392 e. The van der Waals surface area contributed by atoms with Crippen LogP contribution in [0.15, 0.2) is 0 Å². The molecule has 1 amide bonds. The summed E-state index contributed by atoms with van der Waals surface area (Å²) in [6.45, 7) is 2.92. The Hall–Kier alpha value is -0.320. The van der Waals surface area contributed by atoms with Crippen molar-refractivity contribution in [1.82, 2.24) is 10.6 Å². The lowest BCUT2D eigenvalue weighted by molar-refractivity contribution is -0.123. The second kappa shape index (κ2) is 6.18. The quantitative estimate of drug-likeness (QED) is 0.595. The Kier molecular flexibility index (Phi) is 6.03. The maximum Gasteiger partial charge on any atom is 0.237 e. The van der Waals surface area contributed by atoms with E-state index in [4.69, 9.17) is 5.11 Å². The number of carbonyl (C=O) groups excluding carboxylic acids is 1. The zero-order valence-corrected chi connectivity index (χ0v) is 8.56. The van der Waals surface area contributed by atoms with Gasteiger partial charge < -0.3 is 15.7 Å². The van der Waals surface area contributed by atoms with Gasteiger partial charge in [-0.25, -0.2) is 0 Å². The molecule has 3 N–H and O–H groups in total. The van der Waals surface area contributed by atoms with Crippen LogP contribution in [-0.4, -0.2) is 36.2 Å². The first-order valence-electron chi connectivity index (χ1n) is 4.39. The van der Waals surface area contributed by atoms with Gasteiger partial charge in [0.15, 0.2) is 0 Å². The largest absolute Gasteiger partial charge is 0.392 e. The molecule has 1 rings (SSSR count). The molecule has 1 aliphatic rings. The van der Waals surface area contributed by atoms with Gasteiger partial charge in [0.2, 0.25) is 5.91 Å². The molecule has 0 saturated carbocycles. The van der Waals surface area contributed by atoms with Crippen molar-refractivity contribution in [1.29, 1.82) is 0 Å². The van der Waals surface area contributed by atoms with Gasteiger partial charge in [0, 0.05) is 6.54 Å². The van der Waals surface area contributed by atoms with Crippen molar-refractivity contribution < 1.29 is 9.90 Å². The van der Waals surface area contributed by atoms with Gasteiger partial charge in [-0.3, -0.25) is 4.79 Å². The van der Waals surface area contributed by atoms with E-state index < -0.39 is 6.10 Å². The minimum atomic E-state index is -0.463. The molecule has 0 unspecified atom stereocenters. The predicted molar refractivity (Wildman–Crippen MR) is 53.0 cm³/mol. The van der Waals surface area contributed by atoms with Crippen LogP contribution >= 0.6 is 12.4 Å². The Labute approximate surface area is 84.5 Å². The monoisotopic (exact) mass is 208 g/mol. The van der Waals surface area contributed by atoms with Crippen LogP contribution < -0.4 is 10.6 Å². The van der Waals surface area contributed by atoms with Crippen LogP contribution in [0.5, 0.6) is 0 Å². The Morgan fingerprint density at radius 2 is 2.46 bits per heavy atom. The first-order valence-corrected chi connectivity index (χ1v) is 4.39. The maximum atomic E-state index is 11.3. The van der Waals surface area contributed by atoms with Crippen LogP contribution in [0, 0.1) is 0 Å². The number of rotatable bonds is 3. The summed E-state index contributed by atoms with van der Waals surface area (Å²) in [6, 6.07) is -0.0382. The number of hydrogen-bond donors (Lipinski definition) is 3. The fourth-order valence-electron chi connectivity index (χ4n) is 1.28. The summed E-state index contributed by atoms with van der Waals surface area (Å²) in [6.07, 6.45) is 1.51.